The molecule has 0 bridgehead atoms. The highest BCUT2D eigenvalue weighted by atomic mass is 16.3. The van der Waals surface area contributed by atoms with Gasteiger partial charge in [0.2, 0.25) is 0 Å². The Bertz CT molecular complexity index is 587. The average molecular weight is 228 g/mol. The second kappa shape index (κ2) is 3.66. The van der Waals surface area contributed by atoms with Gasteiger partial charge in [0.1, 0.15) is 11.5 Å². The van der Waals surface area contributed by atoms with Crippen LogP contribution >= 0.6 is 0 Å². The van der Waals surface area contributed by atoms with Crippen molar-refractivity contribution in [2.75, 3.05) is 0 Å². The lowest BCUT2D eigenvalue weighted by Gasteiger charge is -2.24. The highest BCUT2D eigenvalue weighted by Gasteiger charge is 2.23. The van der Waals surface area contributed by atoms with E-state index in [0.717, 1.165) is 41.2 Å². The first-order valence-electron chi connectivity index (χ1n) is 6.13. The first-order chi connectivity index (χ1) is 8.18. The molecule has 1 atom stereocenters. The van der Waals surface area contributed by atoms with Crippen molar-refractivity contribution in [2.24, 2.45) is 5.92 Å². The molecule has 0 saturated heterocycles. The molecule has 0 amide bonds. The normalized spacial score (nSPS) is 19.2. The largest absolute Gasteiger partial charge is 0.507 e. The fourth-order valence-electron chi connectivity index (χ4n) is 2.84. The van der Waals surface area contributed by atoms with E-state index in [1.54, 1.807) is 0 Å². The summed E-state index contributed by atoms with van der Waals surface area (Å²) in [6.07, 6.45) is 2.80. The van der Waals surface area contributed by atoms with Crippen molar-refractivity contribution in [3.63, 3.8) is 0 Å². The van der Waals surface area contributed by atoms with Crippen LogP contribution in [0.2, 0.25) is 0 Å². The zero-order chi connectivity index (χ0) is 12.0. The molecular weight excluding hydrogens is 212 g/mol. The van der Waals surface area contributed by atoms with E-state index in [-0.39, 0.29) is 0 Å². The van der Waals surface area contributed by atoms with Crippen LogP contribution in [0.25, 0.3) is 10.8 Å². The summed E-state index contributed by atoms with van der Waals surface area (Å²) in [7, 11) is 0. The fraction of sp³-hybridized carbons (Fsp3) is 0.333. The molecule has 3 rings (SSSR count). The van der Waals surface area contributed by atoms with Crippen molar-refractivity contribution in [1.82, 2.24) is 0 Å². The van der Waals surface area contributed by atoms with Crippen molar-refractivity contribution in [3.05, 3.63) is 35.4 Å². The van der Waals surface area contributed by atoms with Gasteiger partial charge in [-0.25, -0.2) is 0 Å². The van der Waals surface area contributed by atoms with Gasteiger partial charge < -0.3 is 10.2 Å². The molecule has 0 spiro atoms. The van der Waals surface area contributed by atoms with Gasteiger partial charge in [0.05, 0.1) is 0 Å². The molecule has 0 aliphatic heterocycles. The molecule has 1 aliphatic rings. The van der Waals surface area contributed by atoms with Crippen LogP contribution in [0.5, 0.6) is 11.5 Å². The molecule has 0 saturated carbocycles. The Kier molecular flexibility index (Phi) is 2.25. The van der Waals surface area contributed by atoms with Gasteiger partial charge in [0.25, 0.3) is 0 Å². The molecular formula is C15H16O2. The van der Waals surface area contributed by atoms with Crippen LogP contribution in [0.1, 0.15) is 24.5 Å². The summed E-state index contributed by atoms with van der Waals surface area (Å²) < 4.78 is 0. The highest BCUT2D eigenvalue weighted by molar-refractivity contribution is 5.95. The van der Waals surface area contributed by atoms with Crippen molar-refractivity contribution in [1.29, 1.82) is 0 Å². The third-order valence-corrected chi connectivity index (χ3v) is 3.81. The zero-order valence-corrected chi connectivity index (χ0v) is 9.90. The second-order valence-corrected chi connectivity index (χ2v) is 5.05. The number of phenols is 2. The van der Waals surface area contributed by atoms with Crippen LogP contribution in [-0.2, 0) is 12.8 Å². The van der Waals surface area contributed by atoms with Crippen molar-refractivity contribution >= 4 is 10.8 Å². The predicted octanol–water partition coefficient (Wildman–Crippen LogP) is 3.38. The van der Waals surface area contributed by atoms with Gasteiger partial charge in [-0.3, -0.25) is 0 Å². The summed E-state index contributed by atoms with van der Waals surface area (Å²) in [4.78, 5) is 0. The first-order valence-corrected chi connectivity index (χ1v) is 6.13. The molecule has 1 unspecified atom stereocenters. The Morgan fingerprint density at radius 3 is 2.24 bits per heavy atom. The molecule has 2 aromatic carbocycles. The summed E-state index contributed by atoms with van der Waals surface area (Å²) in [6.45, 7) is 2.19. The Labute approximate surface area is 101 Å². The van der Waals surface area contributed by atoms with E-state index < -0.39 is 0 Å². The lowest BCUT2D eigenvalue weighted by Crippen LogP contribution is -2.11. The number of hydrogen-bond acceptors (Lipinski definition) is 2. The van der Waals surface area contributed by atoms with Crippen LogP contribution in [0.4, 0.5) is 0 Å². The van der Waals surface area contributed by atoms with E-state index in [0.29, 0.717) is 17.4 Å². The summed E-state index contributed by atoms with van der Waals surface area (Å²) >= 11 is 0. The van der Waals surface area contributed by atoms with Gasteiger partial charge in [0.15, 0.2) is 0 Å². The third-order valence-electron chi connectivity index (χ3n) is 3.81. The van der Waals surface area contributed by atoms with Crippen LogP contribution in [-0.4, -0.2) is 10.2 Å². The molecule has 17 heavy (non-hydrogen) atoms. The smallest absolute Gasteiger partial charge is 0.127 e. The maximum atomic E-state index is 10.3. The maximum Gasteiger partial charge on any atom is 0.127 e. The standard InChI is InChI=1S/C15H16O2/c1-9-6-7-12-13(8-9)15(17)11-5-3-2-4-10(11)14(12)16/h2-5,9,16-17H,6-8H2,1H3. The summed E-state index contributed by atoms with van der Waals surface area (Å²) in [5.74, 6) is 1.30. The number of phenolic OH excluding ortho intramolecular Hbond substituents is 2. The van der Waals surface area contributed by atoms with Gasteiger partial charge in [-0.15, -0.1) is 0 Å². The van der Waals surface area contributed by atoms with Gasteiger partial charge in [-0.1, -0.05) is 31.2 Å². The minimum absolute atomic E-state index is 0.361. The third kappa shape index (κ3) is 1.47. The average Bonchev–Trinajstić information content (AvgIpc) is 2.36. The highest BCUT2D eigenvalue weighted by Crippen LogP contribution is 2.43. The van der Waals surface area contributed by atoms with Gasteiger partial charge in [-0.2, -0.15) is 0 Å². The number of aromatic hydroxyl groups is 2. The van der Waals surface area contributed by atoms with E-state index in [4.69, 9.17) is 0 Å². The molecule has 2 aromatic rings. The van der Waals surface area contributed by atoms with Crippen LogP contribution < -0.4 is 0 Å². The van der Waals surface area contributed by atoms with Gasteiger partial charge in [0, 0.05) is 21.9 Å². The topological polar surface area (TPSA) is 40.5 Å². The monoisotopic (exact) mass is 228 g/mol. The first kappa shape index (κ1) is 10.5. The Balaban J connectivity index is 2.37. The minimum atomic E-state index is 0.361. The molecule has 2 heteroatoms. The fourth-order valence-corrected chi connectivity index (χ4v) is 2.84. The molecule has 0 heterocycles. The lowest BCUT2D eigenvalue weighted by molar-refractivity contribution is 0.424. The second-order valence-electron chi connectivity index (χ2n) is 5.05. The summed E-state index contributed by atoms with van der Waals surface area (Å²) in [5, 5.41) is 22.1. The summed E-state index contributed by atoms with van der Waals surface area (Å²) in [5.41, 5.74) is 1.89. The summed E-state index contributed by atoms with van der Waals surface area (Å²) in [6, 6.07) is 7.51. The molecule has 2 N–H and O–H groups in total. The van der Waals surface area contributed by atoms with E-state index in [9.17, 15) is 10.2 Å². The van der Waals surface area contributed by atoms with Crippen LogP contribution in [0, 0.1) is 5.92 Å². The Morgan fingerprint density at radius 1 is 1.00 bits per heavy atom. The van der Waals surface area contributed by atoms with Crippen molar-refractivity contribution in [2.45, 2.75) is 26.2 Å². The number of fused-ring (bicyclic) bond motifs is 2. The Hall–Kier alpha value is -1.70. The SMILES string of the molecule is CC1CCc2c(c(O)c3ccccc3c2O)C1. The Morgan fingerprint density at radius 2 is 1.59 bits per heavy atom. The lowest BCUT2D eigenvalue weighted by atomic mass is 9.82. The van der Waals surface area contributed by atoms with Gasteiger partial charge in [-0.05, 0) is 25.2 Å². The predicted molar refractivity (Wildman–Crippen MR) is 68.5 cm³/mol. The minimum Gasteiger partial charge on any atom is -0.507 e. The van der Waals surface area contributed by atoms with Gasteiger partial charge >= 0.3 is 0 Å². The van der Waals surface area contributed by atoms with E-state index in [2.05, 4.69) is 6.92 Å². The van der Waals surface area contributed by atoms with E-state index >= 15 is 0 Å². The zero-order valence-electron chi connectivity index (χ0n) is 9.90. The molecule has 1 aliphatic carbocycles. The van der Waals surface area contributed by atoms with E-state index in [1.165, 1.54) is 0 Å². The molecule has 2 nitrogen and oxygen atoms in total. The number of benzene rings is 2. The molecule has 88 valence electrons. The van der Waals surface area contributed by atoms with Crippen molar-refractivity contribution < 1.29 is 10.2 Å². The molecule has 0 fully saturated rings. The van der Waals surface area contributed by atoms with Crippen LogP contribution in [0.3, 0.4) is 0 Å². The van der Waals surface area contributed by atoms with Crippen molar-refractivity contribution in [3.8, 4) is 11.5 Å². The number of hydrogen-bond donors (Lipinski definition) is 2. The maximum absolute atomic E-state index is 10.3. The molecule has 0 radical (unpaired) electrons. The molecule has 0 aromatic heterocycles. The number of rotatable bonds is 0. The van der Waals surface area contributed by atoms with E-state index in [1.807, 2.05) is 24.3 Å². The van der Waals surface area contributed by atoms with Crippen LogP contribution in [0.15, 0.2) is 24.3 Å². The quantitative estimate of drug-likeness (QED) is 0.679.